The van der Waals surface area contributed by atoms with Crippen LogP contribution in [0.25, 0.3) is 0 Å². The molecule has 5 nitrogen and oxygen atoms in total. The van der Waals surface area contributed by atoms with Crippen molar-refractivity contribution < 1.29 is 14.7 Å². The maximum atomic E-state index is 12.0. The maximum absolute atomic E-state index is 12.0. The maximum Gasteiger partial charge on any atom is 0.303 e. The highest BCUT2D eigenvalue weighted by Crippen LogP contribution is 2.17. The van der Waals surface area contributed by atoms with E-state index < -0.39 is 5.97 Å². The Hall–Kier alpha value is -1.10. The van der Waals surface area contributed by atoms with E-state index in [1.165, 1.54) is 0 Å². The van der Waals surface area contributed by atoms with Gasteiger partial charge in [-0.25, -0.2) is 0 Å². The lowest BCUT2D eigenvalue weighted by Gasteiger charge is -2.19. The Morgan fingerprint density at radius 3 is 2.58 bits per heavy atom. The first-order chi connectivity index (χ1) is 8.88. The van der Waals surface area contributed by atoms with Crippen LogP contribution in [0, 0.1) is 17.8 Å². The van der Waals surface area contributed by atoms with Gasteiger partial charge in [0.25, 0.3) is 0 Å². The number of carbonyl (C=O) groups excluding carboxylic acids is 1. The van der Waals surface area contributed by atoms with Gasteiger partial charge in [-0.05, 0) is 38.3 Å². The summed E-state index contributed by atoms with van der Waals surface area (Å²) in [5, 5.41) is 11.8. The summed E-state index contributed by atoms with van der Waals surface area (Å²) in [5.41, 5.74) is 0. The van der Waals surface area contributed by atoms with Gasteiger partial charge in [0.2, 0.25) is 5.91 Å². The van der Waals surface area contributed by atoms with E-state index in [9.17, 15) is 9.59 Å². The molecule has 0 bridgehead atoms. The predicted molar refractivity (Wildman–Crippen MR) is 73.8 cm³/mol. The van der Waals surface area contributed by atoms with Crippen LogP contribution < -0.4 is 5.32 Å². The van der Waals surface area contributed by atoms with Gasteiger partial charge in [0, 0.05) is 19.5 Å². The van der Waals surface area contributed by atoms with E-state index in [4.69, 9.17) is 5.11 Å². The molecule has 1 fully saturated rings. The Kier molecular flexibility index (Phi) is 6.28. The SMILES string of the molecule is CC(C)C[C@H](CNC(=O)C1CCN(C)C1)CC(=O)O. The third-order valence-corrected chi connectivity index (χ3v) is 3.60. The molecular weight excluding hydrogens is 244 g/mol. The van der Waals surface area contributed by atoms with E-state index in [0.717, 1.165) is 25.9 Å². The molecule has 0 radical (unpaired) electrons. The highest BCUT2D eigenvalue weighted by atomic mass is 16.4. The molecule has 1 aliphatic heterocycles. The smallest absolute Gasteiger partial charge is 0.303 e. The van der Waals surface area contributed by atoms with Crippen LogP contribution in [0.3, 0.4) is 0 Å². The van der Waals surface area contributed by atoms with Gasteiger partial charge in [-0.1, -0.05) is 13.8 Å². The number of likely N-dealkylation sites (tertiary alicyclic amines) is 1. The topological polar surface area (TPSA) is 69.6 Å². The average Bonchev–Trinajstić information content (AvgIpc) is 2.71. The average molecular weight is 270 g/mol. The minimum atomic E-state index is -0.791. The summed E-state index contributed by atoms with van der Waals surface area (Å²) in [6, 6.07) is 0. The Balaban J connectivity index is 2.37. The third kappa shape index (κ3) is 6.05. The molecule has 0 aromatic rings. The summed E-state index contributed by atoms with van der Waals surface area (Å²) < 4.78 is 0. The van der Waals surface area contributed by atoms with E-state index in [2.05, 4.69) is 24.1 Å². The van der Waals surface area contributed by atoms with Crippen LogP contribution in [0.1, 0.15) is 33.1 Å². The van der Waals surface area contributed by atoms with Gasteiger partial charge in [-0.3, -0.25) is 9.59 Å². The molecule has 1 aliphatic rings. The Labute approximate surface area is 115 Å². The van der Waals surface area contributed by atoms with Gasteiger partial charge >= 0.3 is 5.97 Å². The fraction of sp³-hybridized carbons (Fsp3) is 0.857. The van der Waals surface area contributed by atoms with Gasteiger partial charge < -0.3 is 15.3 Å². The zero-order chi connectivity index (χ0) is 14.4. The zero-order valence-corrected chi connectivity index (χ0v) is 12.2. The molecule has 1 amide bonds. The number of rotatable bonds is 7. The molecular formula is C14H26N2O3. The highest BCUT2D eigenvalue weighted by molar-refractivity contribution is 5.79. The third-order valence-electron chi connectivity index (χ3n) is 3.60. The van der Waals surface area contributed by atoms with Crippen LogP contribution in [0.2, 0.25) is 0 Å². The number of nitrogens with one attached hydrogen (secondary N) is 1. The second-order valence-corrected chi connectivity index (χ2v) is 6.09. The first kappa shape index (κ1) is 16.0. The van der Waals surface area contributed by atoms with Crippen molar-refractivity contribution in [2.24, 2.45) is 17.8 Å². The lowest BCUT2D eigenvalue weighted by molar-refractivity contribution is -0.138. The predicted octanol–water partition coefficient (Wildman–Crippen LogP) is 1.19. The van der Waals surface area contributed by atoms with Gasteiger partial charge in [0.1, 0.15) is 0 Å². The molecule has 0 aromatic heterocycles. The molecule has 0 saturated carbocycles. The van der Waals surface area contributed by atoms with E-state index in [0.29, 0.717) is 12.5 Å². The van der Waals surface area contributed by atoms with Crippen molar-refractivity contribution in [1.82, 2.24) is 10.2 Å². The molecule has 0 aliphatic carbocycles. The number of hydrogen-bond acceptors (Lipinski definition) is 3. The van der Waals surface area contributed by atoms with E-state index >= 15 is 0 Å². The van der Waals surface area contributed by atoms with Crippen molar-refractivity contribution in [3.05, 3.63) is 0 Å². The normalized spacial score (nSPS) is 21.6. The van der Waals surface area contributed by atoms with Crippen LogP contribution in [-0.4, -0.2) is 48.6 Å². The van der Waals surface area contributed by atoms with Crippen molar-refractivity contribution in [2.75, 3.05) is 26.7 Å². The van der Waals surface area contributed by atoms with Crippen LogP contribution in [0.4, 0.5) is 0 Å². The second kappa shape index (κ2) is 7.48. The van der Waals surface area contributed by atoms with Crippen LogP contribution >= 0.6 is 0 Å². The molecule has 2 N–H and O–H groups in total. The fourth-order valence-electron chi connectivity index (χ4n) is 2.69. The number of amides is 1. The number of carboxylic acids is 1. The molecule has 19 heavy (non-hydrogen) atoms. The Morgan fingerprint density at radius 2 is 2.11 bits per heavy atom. The zero-order valence-electron chi connectivity index (χ0n) is 12.2. The molecule has 5 heteroatoms. The second-order valence-electron chi connectivity index (χ2n) is 6.09. The minimum Gasteiger partial charge on any atom is -0.481 e. The Morgan fingerprint density at radius 1 is 1.42 bits per heavy atom. The van der Waals surface area contributed by atoms with Gasteiger partial charge in [0.15, 0.2) is 0 Å². The van der Waals surface area contributed by atoms with E-state index in [1.807, 2.05) is 7.05 Å². The number of hydrogen-bond donors (Lipinski definition) is 2. The summed E-state index contributed by atoms with van der Waals surface area (Å²) in [4.78, 5) is 24.9. The first-order valence-corrected chi connectivity index (χ1v) is 7.06. The lowest BCUT2D eigenvalue weighted by atomic mass is 9.94. The van der Waals surface area contributed by atoms with Gasteiger partial charge in [-0.2, -0.15) is 0 Å². The summed E-state index contributed by atoms with van der Waals surface area (Å²) in [7, 11) is 2.01. The van der Waals surface area contributed by atoms with Crippen molar-refractivity contribution in [1.29, 1.82) is 0 Å². The monoisotopic (exact) mass is 270 g/mol. The first-order valence-electron chi connectivity index (χ1n) is 7.06. The fourth-order valence-corrected chi connectivity index (χ4v) is 2.69. The minimum absolute atomic E-state index is 0.0283. The molecule has 2 atom stereocenters. The van der Waals surface area contributed by atoms with Crippen molar-refractivity contribution in [3.63, 3.8) is 0 Å². The van der Waals surface area contributed by atoms with Gasteiger partial charge in [0.05, 0.1) is 5.92 Å². The molecule has 1 saturated heterocycles. The van der Waals surface area contributed by atoms with E-state index in [-0.39, 0.29) is 24.2 Å². The molecule has 0 aromatic carbocycles. The standard InChI is InChI=1S/C14H26N2O3/c1-10(2)6-11(7-13(17)18)8-15-14(19)12-4-5-16(3)9-12/h10-12H,4-9H2,1-3H3,(H,15,19)(H,17,18)/t11-,12?/m0/s1. The largest absolute Gasteiger partial charge is 0.481 e. The van der Waals surface area contributed by atoms with Crippen molar-refractivity contribution in [3.8, 4) is 0 Å². The van der Waals surface area contributed by atoms with Crippen LogP contribution in [0.5, 0.6) is 0 Å². The van der Waals surface area contributed by atoms with Crippen molar-refractivity contribution in [2.45, 2.75) is 33.1 Å². The molecule has 110 valence electrons. The van der Waals surface area contributed by atoms with E-state index in [1.54, 1.807) is 0 Å². The number of aliphatic carboxylic acids is 1. The summed E-state index contributed by atoms with van der Waals surface area (Å²) in [6.07, 6.45) is 1.86. The van der Waals surface area contributed by atoms with Gasteiger partial charge in [-0.15, -0.1) is 0 Å². The van der Waals surface area contributed by atoms with Crippen molar-refractivity contribution >= 4 is 11.9 Å². The van der Waals surface area contributed by atoms with Crippen LogP contribution in [-0.2, 0) is 9.59 Å². The quantitative estimate of drug-likeness (QED) is 0.729. The number of carbonyl (C=O) groups is 2. The number of nitrogens with zero attached hydrogens (tertiary/aromatic N) is 1. The highest BCUT2D eigenvalue weighted by Gasteiger charge is 2.26. The molecule has 1 unspecified atom stereocenters. The Bertz CT molecular complexity index is 318. The molecule has 1 rings (SSSR count). The lowest BCUT2D eigenvalue weighted by Crippen LogP contribution is -2.36. The summed E-state index contributed by atoms with van der Waals surface area (Å²) in [6.45, 7) is 6.39. The summed E-state index contributed by atoms with van der Waals surface area (Å²) in [5.74, 6) is -0.182. The molecule has 1 heterocycles. The summed E-state index contributed by atoms with van der Waals surface area (Å²) >= 11 is 0. The molecule has 0 spiro atoms. The number of carboxylic acid groups (broad SMARTS) is 1. The van der Waals surface area contributed by atoms with Crippen LogP contribution in [0.15, 0.2) is 0 Å².